The van der Waals surface area contributed by atoms with Crippen LogP contribution in [0.2, 0.25) is 0 Å². The number of carbonyl (C=O) groups is 2. The fourth-order valence-corrected chi connectivity index (χ4v) is 1.16. The molecule has 2 aromatic carbocycles. The first-order valence-corrected chi connectivity index (χ1v) is 6.27. The van der Waals surface area contributed by atoms with Gasteiger partial charge in [-0.05, 0) is 24.3 Å². The van der Waals surface area contributed by atoms with E-state index in [4.69, 9.17) is 18.6 Å². The van der Waals surface area contributed by atoms with Crippen molar-refractivity contribution in [3.05, 3.63) is 71.8 Å². The van der Waals surface area contributed by atoms with Crippen LogP contribution in [0.5, 0.6) is 0 Å². The highest BCUT2D eigenvalue weighted by atomic mass is 32.1. The van der Waals surface area contributed by atoms with Crippen molar-refractivity contribution in [2.24, 2.45) is 0 Å². The number of carboxylic acid groups (broad SMARTS) is 2. The molecule has 2 rings (SSSR count). The quantitative estimate of drug-likeness (QED) is 0.639. The van der Waals surface area contributed by atoms with Gasteiger partial charge in [-0.3, -0.25) is 0 Å². The van der Waals surface area contributed by atoms with Crippen LogP contribution in [-0.4, -0.2) is 22.2 Å². The maximum absolute atomic E-state index is 10.2. The Morgan fingerprint density at radius 3 is 1.00 bits per heavy atom. The highest BCUT2D eigenvalue weighted by molar-refractivity contribution is 7.51. The standard InChI is InChI=1S/2C7H6O2.2CH4.HO2S/c2*8-7(9)6-4-2-1-3-5-6;;;1-3-2/h2*1-5H,(H,8,9);2*1H4;3H/q;;;;-1. The monoisotopic (exact) mass is 341 g/mol. The molecule has 7 heteroatoms. The Labute approximate surface area is 139 Å². The summed E-state index contributed by atoms with van der Waals surface area (Å²) in [4.78, 5) is 20.4. The molecule has 6 nitrogen and oxygen atoms in total. The summed E-state index contributed by atoms with van der Waals surface area (Å²) >= 11 is -1.08. The number of rotatable bonds is 2. The molecule has 0 spiro atoms. The van der Waals surface area contributed by atoms with E-state index in [2.05, 4.69) is 0 Å². The van der Waals surface area contributed by atoms with Gasteiger partial charge in [0.15, 0.2) is 0 Å². The average molecular weight is 341 g/mol. The topological polar surface area (TPSA) is 109 Å². The molecule has 0 atom stereocenters. The molecule has 2 N–H and O–H groups in total. The van der Waals surface area contributed by atoms with E-state index in [1.807, 2.05) is 0 Å². The number of aromatic carboxylic acids is 2. The number of hydrogen-bond donors (Lipinski definition) is 2. The molecule has 0 unspecified atom stereocenters. The molecule has 0 heterocycles. The number of benzene rings is 2. The summed E-state index contributed by atoms with van der Waals surface area (Å²) in [6, 6.07) is 16.6. The molecule has 0 bridgehead atoms. The van der Waals surface area contributed by atoms with E-state index in [1.54, 1.807) is 60.7 Å². The minimum absolute atomic E-state index is 0. The molecule has 0 saturated carbocycles. The molecule has 0 aliphatic carbocycles. The highest BCUT2D eigenvalue weighted by Crippen LogP contribution is 1.96. The molecule has 0 amide bonds. The Kier molecular flexibility index (Phi) is 17.3. The Hall–Kier alpha value is -2.67. The van der Waals surface area contributed by atoms with E-state index in [0.717, 1.165) is 0 Å². The molecular weight excluding hydrogens is 320 g/mol. The van der Waals surface area contributed by atoms with Crippen LogP contribution in [0, 0.1) is 0 Å². The van der Waals surface area contributed by atoms with Crippen LogP contribution in [0.1, 0.15) is 35.6 Å². The van der Waals surface area contributed by atoms with Crippen molar-refractivity contribution in [2.45, 2.75) is 14.9 Å². The third-order valence-electron chi connectivity index (χ3n) is 2.04. The Bertz CT molecular complexity index is 543. The zero-order chi connectivity index (χ0) is 16.1. The molecule has 2 aromatic rings. The summed E-state index contributed by atoms with van der Waals surface area (Å²) in [6.45, 7) is 0. The summed E-state index contributed by atoms with van der Waals surface area (Å²) in [6.07, 6.45) is 0. The summed E-state index contributed by atoms with van der Waals surface area (Å²) < 4.78 is 16.7. The highest BCUT2D eigenvalue weighted by Gasteiger charge is 1.97. The minimum atomic E-state index is -1.08. The Morgan fingerprint density at radius 1 is 0.652 bits per heavy atom. The first kappa shape index (κ1) is 25.3. The molecule has 0 aliphatic rings. The van der Waals surface area contributed by atoms with Gasteiger partial charge in [-0.1, -0.05) is 62.8 Å². The van der Waals surface area contributed by atoms with Crippen LogP contribution in [0.4, 0.5) is 0 Å². The van der Waals surface area contributed by atoms with E-state index in [9.17, 15) is 9.59 Å². The molecule has 128 valence electrons. The number of carboxylic acids is 2. The lowest BCUT2D eigenvalue weighted by atomic mass is 10.2. The smallest absolute Gasteiger partial charge is 0.335 e. The van der Waals surface area contributed by atoms with Crippen LogP contribution >= 0.6 is 0 Å². The van der Waals surface area contributed by atoms with Crippen LogP contribution < -0.4 is 0 Å². The fraction of sp³-hybridized carbons (Fsp3) is 0.125. The van der Waals surface area contributed by atoms with Crippen molar-refractivity contribution in [3.63, 3.8) is 0 Å². The van der Waals surface area contributed by atoms with E-state index in [-0.39, 0.29) is 14.9 Å². The van der Waals surface area contributed by atoms with Gasteiger partial charge in [-0.2, -0.15) is 0 Å². The van der Waals surface area contributed by atoms with E-state index in [1.165, 1.54) is 0 Å². The molecule has 0 fully saturated rings. The van der Waals surface area contributed by atoms with Gasteiger partial charge in [0.2, 0.25) is 0 Å². The summed E-state index contributed by atoms with van der Waals surface area (Å²) in [7, 11) is 0. The number of thiol groups is 1. The second kappa shape index (κ2) is 15.7. The summed E-state index contributed by atoms with van der Waals surface area (Å²) in [5, 5.41) is 16.8. The Balaban J connectivity index is -0.000000277. The number of hydrogen-bond acceptors (Lipinski definition) is 5. The van der Waals surface area contributed by atoms with Gasteiger partial charge >= 0.3 is 11.9 Å². The maximum Gasteiger partial charge on any atom is 0.335 e. The van der Waals surface area contributed by atoms with Gasteiger partial charge in [0.25, 0.3) is 0 Å². The van der Waals surface area contributed by atoms with Crippen LogP contribution in [0.15, 0.2) is 60.7 Å². The van der Waals surface area contributed by atoms with Crippen LogP contribution in [0.3, 0.4) is 0 Å². The van der Waals surface area contributed by atoms with Gasteiger partial charge in [0, 0.05) is 0 Å². The minimum Gasteiger partial charge on any atom is -0.478 e. The van der Waals surface area contributed by atoms with Gasteiger partial charge in [-0.15, -0.1) is 0 Å². The summed E-state index contributed by atoms with van der Waals surface area (Å²) in [5.74, 6) is -1.76. The molecule has 0 aromatic heterocycles. The van der Waals surface area contributed by atoms with Crippen molar-refractivity contribution in [3.8, 4) is 0 Å². The zero-order valence-corrected chi connectivity index (χ0v) is 11.6. The lowest BCUT2D eigenvalue weighted by Gasteiger charge is -1.88. The van der Waals surface area contributed by atoms with Gasteiger partial charge in [0.1, 0.15) is 0 Å². The average Bonchev–Trinajstić information content (AvgIpc) is 2.50. The molecular formula is C16H21O6S-. The lowest BCUT2D eigenvalue weighted by Crippen LogP contribution is -1.93. The van der Waals surface area contributed by atoms with Crippen molar-refractivity contribution in [1.82, 2.24) is 0 Å². The van der Waals surface area contributed by atoms with Gasteiger partial charge in [0.05, 0.1) is 11.1 Å². The van der Waals surface area contributed by atoms with Crippen molar-refractivity contribution < 1.29 is 28.2 Å². The zero-order valence-electron chi connectivity index (χ0n) is 10.7. The molecule has 0 saturated heterocycles. The first-order valence-electron chi connectivity index (χ1n) is 5.54. The van der Waals surface area contributed by atoms with Gasteiger partial charge in [-0.25, -0.2) is 9.59 Å². The van der Waals surface area contributed by atoms with Crippen LogP contribution in [-0.2, 0) is 20.0 Å². The molecule has 0 radical (unpaired) electrons. The second-order valence-corrected chi connectivity index (χ2v) is 3.57. The summed E-state index contributed by atoms with van der Waals surface area (Å²) in [5.41, 5.74) is 0.662. The van der Waals surface area contributed by atoms with Gasteiger partial charge < -0.3 is 18.6 Å². The van der Waals surface area contributed by atoms with Crippen molar-refractivity contribution >= 4 is 23.5 Å². The third-order valence-corrected chi connectivity index (χ3v) is 2.04. The maximum atomic E-state index is 10.2. The lowest BCUT2D eigenvalue weighted by molar-refractivity contribution is 0.0686. The SMILES string of the molecule is C.C.O=C(O)c1ccccc1.O=C(O)c1ccccc1.O=[SH-]=O. The molecule has 23 heavy (non-hydrogen) atoms. The third kappa shape index (κ3) is 12.8. The Morgan fingerprint density at radius 2 is 0.870 bits per heavy atom. The first-order chi connectivity index (χ1) is 10.0. The predicted octanol–water partition coefficient (Wildman–Crippen LogP) is 3.53. The van der Waals surface area contributed by atoms with Crippen molar-refractivity contribution in [2.75, 3.05) is 0 Å². The molecule has 0 aliphatic heterocycles. The van der Waals surface area contributed by atoms with E-state index >= 15 is 0 Å². The fourth-order valence-electron chi connectivity index (χ4n) is 1.16. The normalized spacial score (nSPS) is 7.65. The predicted molar refractivity (Wildman–Crippen MR) is 90.4 cm³/mol. The second-order valence-electron chi connectivity index (χ2n) is 3.42. The largest absolute Gasteiger partial charge is 0.478 e. The van der Waals surface area contributed by atoms with Crippen molar-refractivity contribution in [1.29, 1.82) is 0 Å². The van der Waals surface area contributed by atoms with E-state index < -0.39 is 23.5 Å². The van der Waals surface area contributed by atoms with E-state index in [0.29, 0.717) is 11.1 Å². The van der Waals surface area contributed by atoms with Crippen LogP contribution in [0.25, 0.3) is 0 Å².